The van der Waals surface area contributed by atoms with E-state index in [1.807, 2.05) is 6.07 Å². The molecular weight excluding hydrogens is 336 g/mol. The number of hydrogen-bond donors (Lipinski definition) is 2. The number of hydrogen-bond acceptors (Lipinski definition) is 4. The van der Waals surface area contributed by atoms with Gasteiger partial charge in [0.1, 0.15) is 5.75 Å². The van der Waals surface area contributed by atoms with Gasteiger partial charge in [0.15, 0.2) is 0 Å². The Bertz CT molecular complexity index is 576. The molecule has 2 fully saturated rings. The molecule has 2 N–H and O–H groups in total. The van der Waals surface area contributed by atoms with Crippen molar-refractivity contribution in [3.05, 3.63) is 29.8 Å². The van der Waals surface area contributed by atoms with Crippen LogP contribution in [0.15, 0.2) is 24.3 Å². The SMILES string of the molecule is COc1ccccc1C1CCC(OC[C@@H]2NCC[C@@H]2NS(C)=O)CC1. The lowest BCUT2D eigenvalue weighted by Crippen LogP contribution is -2.44. The summed E-state index contributed by atoms with van der Waals surface area (Å²) >= 11 is 0. The van der Waals surface area contributed by atoms with Crippen LogP contribution in [0.5, 0.6) is 5.75 Å². The Morgan fingerprint density at radius 1 is 1.20 bits per heavy atom. The van der Waals surface area contributed by atoms with Crippen molar-refractivity contribution in [2.75, 3.05) is 26.5 Å². The second kappa shape index (κ2) is 9.12. The molecule has 1 saturated carbocycles. The second-order valence-corrected chi connectivity index (χ2v) is 8.22. The van der Waals surface area contributed by atoms with Crippen LogP contribution in [0.1, 0.15) is 43.6 Å². The van der Waals surface area contributed by atoms with Crippen molar-refractivity contribution in [2.45, 2.75) is 56.2 Å². The molecule has 1 aromatic rings. The van der Waals surface area contributed by atoms with Crippen LogP contribution in [0.25, 0.3) is 0 Å². The standard InChI is InChI=1S/C19H30N2O3S/c1-23-19-6-4-3-5-16(19)14-7-9-15(10-8-14)24-13-18-17(11-12-20-18)21-25(2)22/h3-6,14-15,17-18,20-21H,7-13H2,1-2H3/t14?,15?,17-,18-,25?/m0/s1. The van der Waals surface area contributed by atoms with E-state index in [0.29, 0.717) is 18.6 Å². The molecule has 1 unspecified atom stereocenters. The summed E-state index contributed by atoms with van der Waals surface area (Å²) < 4.78 is 26.2. The Hall–Kier alpha value is -0.950. The third-order valence-electron chi connectivity index (χ3n) is 5.43. The molecule has 0 radical (unpaired) electrons. The summed E-state index contributed by atoms with van der Waals surface area (Å²) in [7, 11) is 0.775. The molecule has 140 valence electrons. The Morgan fingerprint density at radius 3 is 2.68 bits per heavy atom. The number of ether oxygens (including phenoxy) is 2. The fourth-order valence-corrected chi connectivity index (χ4v) is 4.79. The monoisotopic (exact) mass is 366 g/mol. The van der Waals surface area contributed by atoms with Gasteiger partial charge in [-0.2, -0.15) is 0 Å². The van der Waals surface area contributed by atoms with Gasteiger partial charge in [-0.05, 0) is 56.2 Å². The van der Waals surface area contributed by atoms with E-state index in [1.54, 1.807) is 13.4 Å². The Morgan fingerprint density at radius 2 is 1.96 bits per heavy atom. The fourth-order valence-electron chi connectivity index (χ4n) is 4.08. The van der Waals surface area contributed by atoms with E-state index in [0.717, 1.165) is 44.4 Å². The lowest BCUT2D eigenvalue weighted by atomic mass is 9.82. The zero-order chi connectivity index (χ0) is 17.6. The molecule has 3 atom stereocenters. The van der Waals surface area contributed by atoms with Gasteiger partial charge in [0.05, 0.1) is 30.8 Å². The lowest BCUT2D eigenvalue weighted by Gasteiger charge is -2.31. The van der Waals surface area contributed by atoms with Crippen LogP contribution in [-0.2, 0) is 15.7 Å². The maximum absolute atomic E-state index is 11.4. The molecular formula is C19H30N2O3S. The zero-order valence-corrected chi connectivity index (χ0v) is 16.0. The first-order chi connectivity index (χ1) is 12.2. The van der Waals surface area contributed by atoms with Crippen LogP contribution in [-0.4, -0.2) is 48.9 Å². The molecule has 6 heteroatoms. The van der Waals surface area contributed by atoms with Crippen LogP contribution in [0, 0.1) is 0 Å². The molecule has 1 aliphatic heterocycles. The predicted molar refractivity (Wildman–Crippen MR) is 101 cm³/mol. The van der Waals surface area contributed by atoms with E-state index in [1.165, 1.54) is 5.56 Å². The number of rotatable bonds is 7. The van der Waals surface area contributed by atoms with E-state index in [2.05, 4.69) is 28.2 Å². The first-order valence-corrected chi connectivity index (χ1v) is 10.8. The highest BCUT2D eigenvalue weighted by Gasteiger charge is 2.30. The van der Waals surface area contributed by atoms with Crippen molar-refractivity contribution in [3.63, 3.8) is 0 Å². The average molecular weight is 367 g/mol. The fraction of sp³-hybridized carbons (Fsp3) is 0.684. The maximum atomic E-state index is 11.4. The number of nitrogens with one attached hydrogen (secondary N) is 2. The van der Waals surface area contributed by atoms with Crippen molar-refractivity contribution in [3.8, 4) is 5.75 Å². The van der Waals surface area contributed by atoms with Gasteiger partial charge in [-0.15, -0.1) is 0 Å². The molecule has 1 saturated heterocycles. The molecule has 0 amide bonds. The smallest absolute Gasteiger partial charge is 0.122 e. The minimum atomic E-state index is -0.971. The molecule has 2 aliphatic rings. The normalized spacial score (nSPS) is 31.0. The van der Waals surface area contributed by atoms with Gasteiger partial charge in [-0.1, -0.05) is 18.2 Å². The number of methoxy groups -OCH3 is 1. The molecule has 0 aromatic heterocycles. The van der Waals surface area contributed by atoms with Gasteiger partial charge in [0, 0.05) is 18.3 Å². The van der Waals surface area contributed by atoms with E-state index in [9.17, 15) is 4.21 Å². The predicted octanol–water partition coefficient (Wildman–Crippen LogP) is 2.35. The highest BCUT2D eigenvalue weighted by Crippen LogP contribution is 2.38. The summed E-state index contributed by atoms with van der Waals surface area (Å²) in [4.78, 5) is 0. The van der Waals surface area contributed by atoms with Gasteiger partial charge >= 0.3 is 0 Å². The average Bonchev–Trinajstić information content (AvgIpc) is 3.06. The third kappa shape index (κ3) is 5.03. The molecule has 3 rings (SSSR count). The lowest BCUT2D eigenvalue weighted by molar-refractivity contribution is 0.0125. The molecule has 0 bridgehead atoms. The van der Waals surface area contributed by atoms with Crippen molar-refractivity contribution in [1.29, 1.82) is 0 Å². The van der Waals surface area contributed by atoms with E-state index >= 15 is 0 Å². The molecule has 5 nitrogen and oxygen atoms in total. The Labute approximate surface area is 153 Å². The van der Waals surface area contributed by atoms with Gasteiger partial charge < -0.3 is 14.8 Å². The van der Waals surface area contributed by atoms with Crippen molar-refractivity contribution < 1.29 is 13.7 Å². The Kier molecular flexibility index (Phi) is 6.87. The highest BCUT2D eigenvalue weighted by atomic mass is 32.2. The van der Waals surface area contributed by atoms with Crippen LogP contribution < -0.4 is 14.8 Å². The van der Waals surface area contributed by atoms with Crippen molar-refractivity contribution in [2.24, 2.45) is 0 Å². The Balaban J connectivity index is 1.46. The summed E-state index contributed by atoms with van der Waals surface area (Å²) in [5.41, 5.74) is 1.33. The van der Waals surface area contributed by atoms with Gasteiger partial charge in [-0.3, -0.25) is 0 Å². The first-order valence-electron chi connectivity index (χ1n) is 9.25. The van der Waals surface area contributed by atoms with E-state index in [4.69, 9.17) is 9.47 Å². The quantitative estimate of drug-likeness (QED) is 0.778. The molecule has 1 aromatic carbocycles. The van der Waals surface area contributed by atoms with Gasteiger partial charge in [-0.25, -0.2) is 8.93 Å². The van der Waals surface area contributed by atoms with Crippen LogP contribution in [0.4, 0.5) is 0 Å². The van der Waals surface area contributed by atoms with Crippen molar-refractivity contribution in [1.82, 2.24) is 10.0 Å². The number of benzene rings is 1. The summed E-state index contributed by atoms with van der Waals surface area (Å²) in [6, 6.07) is 8.87. The molecule has 1 heterocycles. The van der Waals surface area contributed by atoms with Gasteiger partial charge in [0.25, 0.3) is 0 Å². The first kappa shape index (κ1) is 18.8. The minimum absolute atomic E-state index is 0.246. The van der Waals surface area contributed by atoms with Crippen LogP contribution in [0.2, 0.25) is 0 Å². The number of para-hydroxylation sites is 1. The summed E-state index contributed by atoms with van der Waals surface area (Å²) in [6.07, 6.45) is 7.50. The van der Waals surface area contributed by atoms with Crippen LogP contribution >= 0.6 is 0 Å². The summed E-state index contributed by atoms with van der Waals surface area (Å²) in [6.45, 7) is 1.66. The van der Waals surface area contributed by atoms with E-state index in [-0.39, 0.29) is 12.1 Å². The van der Waals surface area contributed by atoms with Crippen molar-refractivity contribution >= 4 is 11.0 Å². The largest absolute Gasteiger partial charge is 0.496 e. The molecule has 25 heavy (non-hydrogen) atoms. The maximum Gasteiger partial charge on any atom is 0.122 e. The second-order valence-electron chi connectivity index (χ2n) is 7.08. The topological polar surface area (TPSA) is 59.6 Å². The molecule has 1 aliphatic carbocycles. The third-order valence-corrected chi connectivity index (χ3v) is 6.06. The van der Waals surface area contributed by atoms with Crippen LogP contribution in [0.3, 0.4) is 0 Å². The summed E-state index contributed by atoms with van der Waals surface area (Å²) in [5.74, 6) is 1.57. The highest BCUT2D eigenvalue weighted by molar-refractivity contribution is 7.82. The van der Waals surface area contributed by atoms with E-state index < -0.39 is 11.0 Å². The summed E-state index contributed by atoms with van der Waals surface area (Å²) in [5, 5.41) is 3.46. The zero-order valence-electron chi connectivity index (χ0n) is 15.2. The molecule has 0 spiro atoms. The van der Waals surface area contributed by atoms with Gasteiger partial charge in [0.2, 0.25) is 0 Å². The minimum Gasteiger partial charge on any atom is -0.496 e.